The van der Waals surface area contributed by atoms with Gasteiger partial charge in [0.2, 0.25) is 0 Å². The van der Waals surface area contributed by atoms with Gasteiger partial charge in [-0.15, -0.1) is 0 Å². The van der Waals surface area contributed by atoms with Crippen molar-refractivity contribution in [2.75, 3.05) is 13.1 Å². The Morgan fingerprint density at radius 2 is 2.05 bits per heavy atom. The Hall–Kier alpha value is -0.880. The van der Waals surface area contributed by atoms with Crippen molar-refractivity contribution in [3.05, 3.63) is 12.0 Å². The molecule has 0 unspecified atom stereocenters. The van der Waals surface area contributed by atoms with Crippen LogP contribution in [0.1, 0.15) is 45.4 Å². The molecule has 0 saturated carbocycles. The van der Waals surface area contributed by atoms with Crippen molar-refractivity contribution >= 4 is 10.0 Å². The number of nitrogens with one attached hydrogen (secondary N) is 1. The summed E-state index contributed by atoms with van der Waals surface area (Å²) >= 11 is 0. The fourth-order valence-corrected chi connectivity index (χ4v) is 4.04. The van der Waals surface area contributed by atoms with Crippen molar-refractivity contribution in [1.82, 2.24) is 14.3 Å². The number of aromatic amines is 1. The normalized spacial score (nSPS) is 18.8. The molecule has 108 valence electrons. The van der Waals surface area contributed by atoms with Gasteiger partial charge in [-0.3, -0.25) is 0 Å². The van der Waals surface area contributed by atoms with E-state index in [2.05, 4.69) is 16.9 Å². The topological polar surface area (TPSA) is 66.1 Å². The highest BCUT2D eigenvalue weighted by molar-refractivity contribution is 7.89. The summed E-state index contributed by atoms with van der Waals surface area (Å²) in [6.45, 7) is 5.40. The number of aromatic nitrogens is 2. The molecule has 0 aromatic carbocycles. The second-order valence-corrected chi connectivity index (χ2v) is 7.09. The molecule has 0 bridgehead atoms. The van der Waals surface area contributed by atoms with Crippen molar-refractivity contribution < 1.29 is 8.42 Å². The Kier molecular flexibility index (Phi) is 4.62. The summed E-state index contributed by atoms with van der Waals surface area (Å²) in [5.74, 6) is 1.41. The van der Waals surface area contributed by atoms with Gasteiger partial charge in [0.25, 0.3) is 10.0 Å². The van der Waals surface area contributed by atoms with Crippen LogP contribution in [-0.4, -0.2) is 35.8 Å². The van der Waals surface area contributed by atoms with Gasteiger partial charge in [-0.1, -0.05) is 26.7 Å². The van der Waals surface area contributed by atoms with Crippen molar-refractivity contribution in [3.63, 3.8) is 0 Å². The van der Waals surface area contributed by atoms with Crippen LogP contribution in [0, 0.1) is 5.92 Å². The predicted octanol–water partition coefficient (Wildman–Crippen LogP) is 2.17. The summed E-state index contributed by atoms with van der Waals surface area (Å²) in [7, 11) is -3.37. The molecule has 1 aromatic rings. The number of imidazole rings is 1. The van der Waals surface area contributed by atoms with E-state index in [0.29, 0.717) is 25.4 Å². The summed E-state index contributed by atoms with van der Waals surface area (Å²) in [6, 6.07) is 0. The van der Waals surface area contributed by atoms with Crippen LogP contribution in [-0.2, 0) is 16.4 Å². The number of rotatable bonds is 5. The summed E-state index contributed by atoms with van der Waals surface area (Å²) in [5, 5.41) is 0.235. The van der Waals surface area contributed by atoms with E-state index < -0.39 is 10.0 Å². The van der Waals surface area contributed by atoms with Gasteiger partial charge < -0.3 is 4.98 Å². The third-order valence-electron chi connectivity index (χ3n) is 3.83. The highest BCUT2D eigenvalue weighted by atomic mass is 32.2. The van der Waals surface area contributed by atoms with Crippen molar-refractivity contribution in [2.45, 2.75) is 51.0 Å². The monoisotopic (exact) mass is 285 g/mol. The molecule has 1 saturated heterocycles. The minimum atomic E-state index is -3.37. The molecule has 2 rings (SSSR count). The number of aryl methyl sites for hydroxylation is 1. The summed E-state index contributed by atoms with van der Waals surface area (Å²) in [4.78, 5) is 6.97. The van der Waals surface area contributed by atoms with E-state index in [1.54, 1.807) is 4.31 Å². The lowest BCUT2D eigenvalue weighted by atomic mass is 9.94. The first kappa shape index (κ1) is 14.5. The van der Waals surface area contributed by atoms with Gasteiger partial charge in [0, 0.05) is 19.5 Å². The molecule has 6 heteroatoms. The molecule has 0 spiro atoms. The van der Waals surface area contributed by atoms with E-state index >= 15 is 0 Å². The Balaban J connectivity index is 2.05. The minimum absolute atomic E-state index is 0.235. The van der Waals surface area contributed by atoms with Gasteiger partial charge in [0.05, 0.1) is 6.20 Å². The van der Waals surface area contributed by atoms with Gasteiger partial charge in [-0.2, -0.15) is 4.31 Å². The Bertz CT molecular complexity index is 502. The van der Waals surface area contributed by atoms with Gasteiger partial charge in [-0.05, 0) is 18.8 Å². The standard InChI is InChI=1S/C13H23N3O2S/c1-3-5-11-6-8-16(9-7-11)19(17,18)13-10-14-12(4-2)15-13/h10-11H,3-9H2,1-2H3,(H,14,15). The summed E-state index contributed by atoms with van der Waals surface area (Å²) < 4.78 is 26.5. The van der Waals surface area contributed by atoms with E-state index in [0.717, 1.165) is 18.7 Å². The van der Waals surface area contributed by atoms with Gasteiger partial charge in [0.15, 0.2) is 5.03 Å². The van der Waals surface area contributed by atoms with Crippen LogP contribution in [0.5, 0.6) is 0 Å². The fraction of sp³-hybridized carbons (Fsp3) is 0.769. The number of nitrogens with zero attached hydrogens (tertiary/aromatic N) is 2. The van der Waals surface area contributed by atoms with Crippen LogP contribution in [0.3, 0.4) is 0 Å². The van der Waals surface area contributed by atoms with E-state index in [1.165, 1.54) is 19.0 Å². The average Bonchev–Trinajstić information content (AvgIpc) is 2.89. The molecule has 0 radical (unpaired) electrons. The Morgan fingerprint density at radius 1 is 1.37 bits per heavy atom. The Labute approximate surface area is 115 Å². The number of H-pyrrole nitrogens is 1. The zero-order valence-electron chi connectivity index (χ0n) is 11.7. The van der Waals surface area contributed by atoms with Crippen LogP contribution < -0.4 is 0 Å². The third-order valence-corrected chi connectivity index (χ3v) is 5.64. The maximum absolute atomic E-state index is 12.4. The first-order chi connectivity index (χ1) is 9.07. The average molecular weight is 285 g/mol. The largest absolute Gasteiger partial charge is 0.332 e. The van der Waals surface area contributed by atoms with E-state index in [-0.39, 0.29) is 5.03 Å². The van der Waals surface area contributed by atoms with Crippen molar-refractivity contribution in [2.24, 2.45) is 5.92 Å². The van der Waals surface area contributed by atoms with Crippen molar-refractivity contribution in [3.8, 4) is 0 Å². The first-order valence-electron chi connectivity index (χ1n) is 7.12. The van der Waals surface area contributed by atoms with E-state index in [1.807, 2.05) is 6.92 Å². The molecule has 0 amide bonds. The maximum atomic E-state index is 12.4. The van der Waals surface area contributed by atoms with Crippen LogP contribution >= 0.6 is 0 Å². The molecule has 1 N–H and O–H groups in total. The zero-order valence-corrected chi connectivity index (χ0v) is 12.5. The van der Waals surface area contributed by atoms with Gasteiger partial charge in [0.1, 0.15) is 5.82 Å². The van der Waals surface area contributed by atoms with Gasteiger partial charge in [-0.25, -0.2) is 13.4 Å². The number of piperidine rings is 1. The van der Waals surface area contributed by atoms with Crippen molar-refractivity contribution in [1.29, 1.82) is 0 Å². The Morgan fingerprint density at radius 3 is 2.58 bits per heavy atom. The molecule has 0 atom stereocenters. The highest BCUT2D eigenvalue weighted by Crippen LogP contribution is 2.25. The number of hydrogen-bond acceptors (Lipinski definition) is 3. The lowest BCUT2D eigenvalue weighted by molar-refractivity contribution is 0.262. The molecular weight excluding hydrogens is 262 g/mol. The molecule has 1 fully saturated rings. The third kappa shape index (κ3) is 3.17. The van der Waals surface area contributed by atoms with Gasteiger partial charge >= 0.3 is 0 Å². The second kappa shape index (κ2) is 6.05. The summed E-state index contributed by atoms with van der Waals surface area (Å²) in [6.07, 6.45) is 6.49. The molecule has 1 aliphatic rings. The zero-order chi connectivity index (χ0) is 13.9. The highest BCUT2D eigenvalue weighted by Gasteiger charge is 2.30. The molecule has 1 aliphatic heterocycles. The molecule has 19 heavy (non-hydrogen) atoms. The van der Waals surface area contributed by atoms with Crippen LogP contribution in [0.25, 0.3) is 0 Å². The quantitative estimate of drug-likeness (QED) is 0.901. The maximum Gasteiger partial charge on any atom is 0.260 e. The fourth-order valence-electron chi connectivity index (χ4n) is 2.64. The lowest BCUT2D eigenvalue weighted by Crippen LogP contribution is -2.38. The minimum Gasteiger partial charge on any atom is -0.332 e. The van der Waals surface area contributed by atoms with E-state index in [9.17, 15) is 8.42 Å². The molecular formula is C13H23N3O2S. The predicted molar refractivity (Wildman–Crippen MR) is 74.4 cm³/mol. The second-order valence-electron chi connectivity index (χ2n) is 5.18. The van der Waals surface area contributed by atoms with Crippen LogP contribution in [0.15, 0.2) is 11.2 Å². The van der Waals surface area contributed by atoms with Crippen LogP contribution in [0.2, 0.25) is 0 Å². The summed E-state index contributed by atoms with van der Waals surface area (Å²) in [5.41, 5.74) is 0. The molecule has 2 heterocycles. The van der Waals surface area contributed by atoms with E-state index in [4.69, 9.17) is 0 Å². The smallest absolute Gasteiger partial charge is 0.260 e. The SMILES string of the molecule is CCCC1CCN(S(=O)(=O)c2cnc(CC)[nH]2)CC1. The van der Waals surface area contributed by atoms with Crippen LogP contribution in [0.4, 0.5) is 0 Å². The number of hydrogen-bond donors (Lipinski definition) is 1. The lowest BCUT2D eigenvalue weighted by Gasteiger charge is -2.30. The first-order valence-corrected chi connectivity index (χ1v) is 8.56. The molecule has 1 aromatic heterocycles. The number of sulfonamides is 1. The molecule has 0 aliphatic carbocycles. The molecule has 5 nitrogen and oxygen atoms in total.